The molecule has 0 aliphatic heterocycles. The van der Waals surface area contributed by atoms with Gasteiger partial charge in [0.05, 0.1) is 18.4 Å². The Morgan fingerprint density at radius 1 is 1.16 bits per heavy atom. The lowest BCUT2D eigenvalue weighted by molar-refractivity contribution is -0.118. The molecule has 2 aromatic rings. The Morgan fingerprint density at radius 3 is 2.52 bits per heavy atom. The van der Waals surface area contributed by atoms with Gasteiger partial charge < -0.3 is 20.5 Å². The zero-order chi connectivity index (χ0) is 18.6. The highest BCUT2D eigenvalue weighted by molar-refractivity contribution is 6.31. The van der Waals surface area contributed by atoms with E-state index >= 15 is 0 Å². The van der Waals surface area contributed by atoms with Crippen LogP contribution in [0.3, 0.4) is 0 Å². The lowest BCUT2D eigenvalue weighted by Crippen LogP contribution is -2.22. The molecule has 2 aromatic carbocycles. The number of halogens is 2. The molecule has 25 heavy (non-hydrogen) atoms. The molecule has 0 radical (unpaired) electrons. The largest absolute Gasteiger partial charge is 0.495 e. The third-order valence-corrected chi connectivity index (χ3v) is 3.96. The van der Waals surface area contributed by atoms with Gasteiger partial charge in [-0.1, -0.05) is 23.2 Å². The molecular formula is C17H16Cl2N2O4. The molecule has 0 heterocycles. The minimum Gasteiger partial charge on any atom is -0.495 e. The van der Waals surface area contributed by atoms with Gasteiger partial charge in [0.25, 0.3) is 11.8 Å². The number of rotatable bonds is 6. The molecule has 132 valence electrons. The summed E-state index contributed by atoms with van der Waals surface area (Å²) in [6.45, 7) is 1.48. The maximum absolute atomic E-state index is 12.1. The number of anilines is 1. The molecule has 0 unspecified atom stereocenters. The SMILES string of the molecule is COc1cc(Cl)c(C)cc1NC(=O)COc1ccc(Cl)cc1C(N)=O. The minimum absolute atomic E-state index is 0.0974. The second kappa shape index (κ2) is 8.09. The van der Waals surface area contributed by atoms with Crippen LogP contribution in [-0.4, -0.2) is 25.5 Å². The summed E-state index contributed by atoms with van der Waals surface area (Å²) in [7, 11) is 1.47. The van der Waals surface area contributed by atoms with Crippen LogP contribution in [0.2, 0.25) is 10.0 Å². The first kappa shape index (κ1) is 18.9. The van der Waals surface area contributed by atoms with E-state index in [2.05, 4.69) is 5.32 Å². The van der Waals surface area contributed by atoms with Crippen molar-refractivity contribution in [3.8, 4) is 11.5 Å². The van der Waals surface area contributed by atoms with Crippen molar-refractivity contribution in [3.63, 3.8) is 0 Å². The highest BCUT2D eigenvalue weighted by atomic mass is 35.5. The Balaban J connectivity index is 2.10. The summed E-state index contributed by atoms with van der Waals surface area (Å²) >= 11 is 11.9. The van der Waals surface area contributed by atoms with Gasteiger partial charge in [0.15, 0.2) is 6.61 Å². The van der Waals surface area contributed by atoms with Gasteiger partial charge in [0.2, 0.25) is 0 Å². The fourth-order valence-electron chi connectivity index (χ4n) is 2.08. The Kier molecular flexibility index (Phi) is 6.12. The number of hydrogen-bond acceptors (Lipinski definition) is 4. The number of carbonyl (C=O) groups is 2. The van der Waals surface area contributed by atoms with Crippen molar-refractivity contribution in [3.05, 3.63) is 51.5 Å². The van der Waals surface area contributed by atoms with E-state index in [1.807, 2.05) is 0 Å². The van der Waals surface area contributed by atoms with Crippen LogP contribution in [0.15, 0.2) is 30.3 Å². The van der Waals surface area contributed by atoms with E-state index < -0.39 is 11.8 Å². The number of benzene rings is 2. The zero-order valence-corrected chi connectivity index (χ0v) is 15.1. The van der Waals surface area contributed by atoms with E-state index in [1.54, 1.807) is 19.1 Å². The van der Waals surface area contributed by atoms with Crippen molar-refractivity contribution in [2.24, 2.45) is 5.73 Å². The van der Waals surface area contributed by atoms with Crippen LogP contribution in [0.1, 0.15) is 15.9 Å². The van der Waals surface area contributed by atoms with Crippen LogP contribution in [0.25, 0.3) is 0 Å². The average molecular weight is 383 g/mol. The first-order valence-corrected chi connectivity index (χ1v) is 7.93. The number of nitrogens with two attached hydrogens (primary N) is 1. The van der Waals surface area contributed by atoms with Crippen molar-refractivity contribution in [1.82, 2.24) is 0 Å². The molecule has 0 atom stereocenters. The van der Waals surface area contributed by atoms with Crippen LogP contribution in [0, 0.1) is 6.92 Å². The molecule has 6 nitrogen and oxygen atoms in total. The predicted octanol–water partition coefficient (Wildman–Crippen LogP) is 3.43. The first-order valence-electron chi connectivity index (χ1n) is 7.18. The second-order valence-corrected chi connectivity index (χ2v) is 5.99. The number of primary amides is 1. The van der Waals surface area contributed by atoms with E-state index in [0.29, 0.717) is 21.5 Å². The number of aryl methyl sites for hydroxylation is 1. The van der Waals surface area contributed by atoms with E-state index in [0.717, 1.165) is 5.56 Å². The molecule has 2 amide bonds. The molecule has 0 fully saturated rings. The van der Waals surface area contributed by atoms with Crippen LogP contribution in [-0.2, 0) is 4.79 Å². The van der Waals surface area contributed by atoms with Gasteiger partial charge in [0, 0.05) is 16.1 Å². The predicted molar refractivity (Wildman–Crippen MR) is 96.8 cm³/mol. The van der Waals surface area contributed by atoms with E-state index in [4.69, 9.17) is 38.4 Å². The summed E-state index contributed by atoms with van der Waals surface area (Å²) in [5.74, 6) is -0.544. The number of methoxy groups -OCH3 is 1. The Morgan fingerprint density at radius 2 is 1.88 bits per heavy atom. The third-order valence-electron chi connectivity index (χ3n) is 3.32. The highest BCUT2D eigenvalue weighted by Crippen LogP contribution is 2.31. The van der Waals surface area contributed by atoms with Crippen LogP contribution < -0.4 is 20.5 Å². The smallest absolute Gasteiger partial charge is 0.262 e. The molecule has 0 spiro atoms. The van der Waals surface area contributed by atoms with Gasteiger partial charge in [-0.2, -0.15) is 0 Å². The second-order valence-electron chi connectivity index (χ2n) is 5.14. The highest BCUT2D eigenvalue weighted by Gasteiger charge is 2.14. The van der Waals surface area contributed by atoms with Crippen molar-refractivity contribution >= 4 is 40.7 Å². The lowest BCUT2D eigenvalue weighted by Gasteiger charge is -2.13. The summed E-state index contributed by atoms with van der Waals surface area (Å²) in [5, 5.41) is 3.54. The summed E-state index contributed by atoms with van der Waals surface area (Å²) < 4.78 is 10.6. The quantitative estimate of drug-likeness (QED) is 0.800. The minimum atomic E-state index is -0.701. The lowest BCUT2D eigenvalue weighted by atomic mass is 10.2. The van der Waals surface area contributed by atoms with Crippen molar-refractivity contribution in [1.29, 1.82) is 0 Å². The molecule has 3 N–H and O–H groups in total. The molecule has 0 saturated carbocycles. The van der Waals surface area contributed by atoms with Gasteiger partial charge >= 0.3 is 0 Å². The number of ether oxygens (including phenoxy) is 2. The number of hydrogen-bond donors (Lipinski definition) is 2. The van der Waals surface area contributed by atoms with Gasteiger partial charge in [-0.05, 0) is 36.8 Å². The standard InChI is InChI=1S/C17H16Cl2N2O4/c1-9-5-13(15(24-2)7-12(9)19)21-16(22)8-25-14-4-3-10(18)6-11(14)17(20)23/h3-7H,8H2,1-2H3,(H2,20,23)(H,21,22). The van der Waals surface area contributed by atoms with Gasteiger partial charge in [-0.15, -0.1) is 0 Å². The van der Waals surface area contributed by atoms with Crippen molar-refractivity contribution in [2.45, 2.75) is 6.92 Å². The Labute approximate surface area is 154 Å². The normalized spacial score (nSPS) is 10.2. The molecule has 0 saturated heterocycles. The topological polar surface area (TPSA) is 90.7 Å². The number of nitrogens with one attached hydrogen (secondary N) is 1. The fraction of sp³-hybridized carbons (Fsp3) is 0.176. The molecule has 0 aliphatic carbocycles. The third kappa shape index (κ3) is 4.78. The molecule has 8 heteroatoms. The monoisotopic (exact) mass is 382 g/mol. The van der Waals surface area contributed by atoms with Crippen LogP contribution in [0.5, 0.6) is 11.5 Å². The summed E-state index contributed by atoms with van der Waals surface area (Å²) in [6.07, 6.45) is 0. The number of carbonyl (C=O) groups excluding carboxylic acids is 2. The Bertz CT molecular complexity index is 825. The fourth-order valence-corrected chi connectivity index (χ4v) is 2.41. The van der Waals surface area contributed by atoms with E-state index in [1.165, 1.54) is 25.3 Å². The first-order chi connectivity index (χ1) is 11.8. The van der Waals surface area contributed by atoms with Gasteiger partial charge in [-0.25, -0.2) is 0 Å². The Hall–Kier alpha value is -2.44. The maximum atomic E-state index is 12.1. The van der Waals surface area contributed by atoms with E-state index in [9.17, 15) is 9.59 Å². The summed E-state index contributed by atoms with van der Waals surface area (Å²) in [4.78, 5) is 23.5. The maximum Gasteiger partial charge on any atom is 0.262 e. The molecule has 2 rings (SSSR count). The van der Waals surface area contributed by atoms with Crippen LogP contribution in [0.4, 0.5) is 5.69 Å². The molecule has 0 bridgehead atoms. The van der Waals surface area contributed by atoms with E-state index in [-0.39, 0.29) is 17.9 Å². The molecule has 0 aliphatic rings. The van der Waals surface area contributed by atoms with Crippen LogP contribution >= 0.6 is 23.2 Å². The summed E-state index contributed by atoms with van der Waals surface area (Å²) in [6, 6.07) is 7.69. The van der Waals surface area contributed by atoms with Gasteiger partial charge in [0.1, 0.15) is 11.5 Å². The van der Waals surface area contributed by atoms with Crippen molar-refractivity contribution in [2.75, 3.05) is 19.0 Å². The molecule has 0 aromatic heterocycles. The summed E-state index contributed by atoms with van der Waals surface area (Å²) in [5.41, 5.74) is 6.62. The molecular weight excluding hydrogens is 367 g/mol. The zero-order valence-electron chi connectivity index (χ0n) is 13.6. The average Bonchev–Trinajstić information content (AvgIpc) is 2.56. The van der Waals surface area contributed by atoms with Crippen molar-refractivity contribution < 1.29 is 19.1 Å². The van der Waals surface area contributed by atoms with Gasteiger partial charge in [-0.3, -0.25) is 9.59 Å². The number of amides is 2.